The highest BCUT2D eigenvalue weighted by molar-refractivity contribution is 7.99. The van der Waals surface area contributed by atoms with E-state index in [1.165, 1.54) is 118 Å². The third kappa shape index (κ3) is 24.0. The SMILES string of the molecule is C/C=C/C[C@@H](C)C[C@H]1C(=O)N[C@@H](CC)C(=O)N(C)[C@H](CSCCN)C(=O)N(C)[C@@H](CC(C)(C)O)C(=O)N[C@H](C(C)C)C(=O)N(C)[C@H](CC(C)C)C(=O)N[C@H](C)C(=O)N[C@@H](C)C(=O)N(C)[C@@H](CC(C)C)C(=O)N(C)[C@@H](CC(C)C)C(=O)N(C)[C@@H](C(C)C)C(=O)N1C. The molecule has 0 aromatic rings. The van der Waals surface area contributed by atoms with Gasteiger partial charge in [0.05, 0.1) is 5.60 Å². The summed E-state index contributed by atoms with van der Waals surface area (Å²) in [7, 11) is 10.1. The summed E-state index contributed by atoms with van der Waals surface area (Å²) in [5.41, 5.74) is 4.34. The van der Waals surface area contributed by atoms with Gasteiger partial charge in [0, 0.05) is 73.8 Å². The number of likely N-dealkylation sites (N-methyl/N-ethyl adjacent to an activating group) is 7. The van der Waals surface area contributed by atoms with Gasteiger partial charge in [-0.1, -0.05) is 95.2 Å². The van der Waals surface area contributed by atoms with Crippen LogP contribution in [-0.2, 0) is 52.7 Å². The fourth-order valence-corrected chi connectivity index (χ4v) is 12.1. The van der Waals surface area contributed by atoms with Crippen molar-refractivity contribution in [1.82, 2.24) is 55.6 Å². The van der Waals surface area contributed by atoms with Crippen LogP contribution in [0.3, 0.4) is 0 Å². The zero-order valence-corrected chi connectivity index (χ0v) is 59.9. The minimum Gasteiger partial charge on any atom is -0.390 e. The first-order valence-electron chi connectivity index (χ1n) is 32.2. The normalized spacial score (nSPS) is 26.7. The number of rotatable bonds is 19. The maximum absolute atomic E-state index is 15.3. The second kappa shape index (κ2) is 37.6. The number of nitrogens with one attached hydrogen (secondary N) is 4. The van der Waals surface area contributed by atoms with Crippen LogP contribution in [-0.4, -0.2) is 244 Å². The molecule has 1 saturated heterocycles. The molecule has 24 nitrogen and oxygen atoms in total. The molecule has 12 atom stereocenters. The average molecular weight is 1290 g/mol. The van der Waals surface area contributed by atoms with Crippen LogP contribution < -0.4 is 27.0 Å². The Labute approximate surface area is 543 Å². The fraction of sp³-hybridized carbons (Fsp3) is 0.800. The lowest BCUT2D eigenvalue weighted by Gasteiger charge is -2.41. The van der Waals surface area contributed by atoms with Crippen LogP contribution in [0.25, 0.3) is 0 Å². The van der Waals surface area contributed by atoms with Crippen LogP contribution in [0, 0.1) is 35.5 Å². The van der Waals surface area contributed by atoms with Crippen molar-refractivity contribution >= 4 is 76.7 Å². The van der Waals surface area contributed by atoms with Gasteiger partial charge in [0.25, 0.3) is 0 Å². The summed E-state index contributed by atoms with van der Waals surface area (Å²) < 4.78 is 0. The summed E-state index contributed by atoms with van der Waals surface area (Å²) in [5.74, 6) is -8.64. The molecule has 7 N–H and O–H groups in total. The second-order valence-electron chi connectivity index (χ2n) is 27.5. The molecule has 1 heterocycles. The molecular formula is C65H118N12O12S. The molecule has 25 heteroatoms. The van der Waals surface area contributed by atoms with Gasteiger partial charge in [-0.2, -0.15) is 11.8 Å². The van der Waals surface area contributed by atoms with Crippen LogP contribution in [0.5, 0.6) is 0 Å². The number of thioether (sulfide) groups is 1. The number of nitrogens with two attached hydrogens (primary N) is 1. The van der Waals surface area contributed by atoms with E-state index in [1.807, 2.05) is 67.5 Å². The Balaban J connectivity index is 4.48. The maximum atomic E-state index is 15.3. The van der Waals surface area contributed by atoms with E-state index in [0.717, 1.165) is 4.90 Å². The van der Waals surface area contributed by atoms with Gasteiger partial charge in [-0.3, -0.25) is 52.7 Å². The van der Waals surface area contributed by atoms with E-state index >= 15 is 24.0 Å². The lowest BCUT2D eigenvalue weighted by atomic mass is 9.93. The summed E-state index contributed by atoms with van der Waals surface area (Å²) in [6.07, 6.45) is 4.70. The van der Waals surface area contributed by atoms with Crippen molar-refractivity contribution in [2.45, 2.75) is 235 Å². The fourth-order valence-electron chi connectivity index (χ4n) is 11.2. The number of carbonyl (C=O) groups is 11. The molecule has 0 unspecified atom stereocenters. The van der Waals surface area contributed by atoms with Crippen molar-refractivity contribution in [3.05, 3.63) is 12.2 Å². The van der Waals surface area contributed by atoms with Gasteiger partial charge in [0.1, 0.15) is 66.5 Å². The zero-order chi connectivity index (χ0) is 69.7. The summed E-state index contributed by atoms with van der Waals surface area (Å²) in [6, 6.07) is -13.5. The number of amides is 11. The van der Waals surface area contributed by atoms with Crippen LogP contribution in [0.2, 0.25) is 0 Å². The maximum Gasteiger partial charge on any atom is 0.246 e. The molecule has 0 aromatic carbocycles. The van der Waals surface area contributed by atoms with E-state index in [9.17, 15) is 33.9 Å². The monoisotopic (exact) mass is 1290 g/mol. The molecule has 1 fully saturated rings. The quantitative estimate of drug-likeness (QED) is 0.0798. The van der Waals surface area contributed by atoms with Gasteiger partial charge in [-0.25, -0.2) is 0 Å². The Bertz CT molecular complexity index is 2450. The average Bonchev–Trinajstić information content (AvgIpc) is 0.861. The first-order chi connectivity index (χ1) is 41.5. The van der Waals surface area contributed by atoms with Gasteiger partial charge < -0.3 is 66.4 Å². The Morgan fingerprint density at radius 3 is 1.38 bits per heavy atom. The van der Waals surface area contributed by atoms with Gasteiger partial charge in [-0.05, 0) is 109 Å². The second-order valence-corrected chi connectivity index (χ2v) is 28.7. The van der Waals surface area contributed by atoms with Crippen molar-refractivity contribution in [1.29, 1.82) is 0 Å². The highest BCUT2D eigenvalue weighted by atomic mass is 32.2. The number of hydrogen-bond acceptors (Lipinski definition) is 14. The van der Waals surface area contributed by atoms with Crippen LogP contribution >= 0.6 is 11.8 Å². The number of hydrogen-bond donors (Lipinski definition) is 6. The Morgan fingerprint density at radius 2 is 0.911 bits per heavy atom. The summed E-state index contributed by atoms with van der Waals surface area (Å²) in [6.45, 7) is 29.7. The first kappa shape index (κ1) is 82.2. The molecule has 0 bridgehead atoms. The molecule has 11 amide bonds. The molecule has 1 aliphatic rings. The van der Waals surface area contributed by atoms with Crippen molar-refractivity contribution in [2.75, 3.05) is 67.4 Å². The Kier molecular flexibility index (Phi) is 34.4. The van der Waals surface area contributed by atoms with E-state index in [0.29, 0.717) is 12.2 Å². The van der Waals surface area contributed by atoms with Gasteiger partial charge in [0.2, 0.25) is 65.0 Å². The van der Waals surface area contributed by atoms with Crippen molar-refractivity contribution in [3.63, 3.8) is 0 Å². The van der Waals surface area contributed by atoms with Gasteiger partial charge in [0.15, 0.2) is 0 Å². The standard InChI is InChI=1S/C65H118N12O12S/c1-25-27-28-42(13)34-47-56(80)69-45(26-2)59(83)76(23)51(36-90-30-29-66)62(86)75(22)50(35-65(16,17)89)57(81)70-52(40(9)10)63(87)71(18)46(31-37(3)4)55(79)67-43(14)54(78)68-44(15)58(82)73(20)48(32-38(5)6)60(84)74(21)49(33-39(7)8)61(85)77(24)53(41(11)12)64(88)72(47)19/h25,27,37-53,89H,26,28-36,66H2,1-24H3,(H,67,79)(H,68,78)(H,69,80)(H,70,81)/b27-25+/t42-,43-,44+,45+,46-,47+,48+,49+,50+,51-,52-,53+/m1/s1. The third-order valence-electron chi connectivity index (χ3n) is 16.8. The predicted octanol–water partition coefficient (Wildman–Crippen LogP) is 3.47. The molecule has 0 aromatic heterocycles. The van der Waals surface area contributed by atoms with Crippen LogP contribution in [0.4, 0.5) is 0 Å². The third-order valence-corrected chi connectivity index (χ3v) is 17.8. The number of carbonyl (C=O) groups excluding carboxylic acids is 11. The van der Waals surface area contributed by atoms with E-state index in [2.05, 4.69) is 21.3 Å². The minimum absolute atomic E-state index is 0.00118. The molecule has 0 radical (unpaired) electrons. The molecule has 0 saturated carbocycles. The van der Waals surface area contributed by atoms with E-state index in [-0.39, 0.29) is 74.5 Å². The largest absolute Gasteiger partial charge is 0.390 e. The summed E-state index contributed by atoms with van der Waals surface area (Å²) in [4.78, 5) is 172. The zero-order valence-electron chi connectivity index (χ0n) is 59.1. The van der Waals surface area contributed by atoms with E-state index in [1.54, 1.807) is 34.6 Å². The first-order valence-corrected chi connectivity index (χ1v) is 33.4. The molecule has 1 aliphatic heterocycles. The lowest BCUT2D eigenvalue weighted by molar-refractivity contribution is -0.156. The molecule has 90 heavy (non-hydrogen) atoms. The lowest BCUT2D eigenvalue weighted by Crippen LogP contribution is -2.62. The molecule has 516 valence electrons. The Morgan fingerprint density at radius 1 is 0.500 bits per heavy atom. The molecule has 0 aliphatic carbocycles. The number of nitrogens with zero attached hydrogens (tertiary/aromatic N) is 7. The van der Waals surface area contributed by atoms with Gasteiger partial charge >= 0.3 is 0 Å². The Hall–Kier alpha value is -5.82. The highest BCUT2D eigenvalue weighted by Crippen LogP contribution is 2.26. The van der Waals surface area contributed by atoms with Crippen LogP contribution in [0.1, 0.15) is 163 Å². The topological polar surface area (TPSA) is 305 Å². The molecular weight excluding hydrogens is 1170 g/mol. The van der Waals surface area contributed by atoms with Crippen molar-refractivity contribution in [3.8, 4) is 0 Å². The summed E-state index contributed by atoms with van der Waals surface area (Å²) >= 11 is 1.28. The molecule has 0 spiro atoms. The number of aliphatic hydroxyl groups is 1. The predicted molar refractivity (Wildman–Crippen MR) is 354 cm³/mol. The summed E-state index contributed by atoms with van der Waals surface area (Å²) in [5, 5.41) is 22.4. The van der Waals surface area contributed by atoms with E-state index < -0.39 is 149 Å². The number of allylic oxidation sites excluding steroid dienone is 2. The minimum atomic E-state index is -1.56. The van der Waals surface area contributed by atoms with Crippen molar-refractivity contribution < 1.29 is 57.8 Å². The highest BCUT2D eigenvalue weighted by Gasteiger charge is 2.45. The van der Waals surface area contributed by atoms with Crippen LogP contribution in [0.15, 0.2) is 12.2 Å². The van der Waals surface area contributed by atoms with Crippen molar-refractivity contribution in [2.24, 2.45) is 41.2 Å². The van der Waals surface area contributed by atoms with E-state index in [4.69, 9.17) is 5.73 Å². The smallest absolute Gasteiger partial charge is 0.246 e. The van der Waals surface area contributed by atoms with Gasteiger partial charge in [-0.15, -0.1) is 0 Å². The molecule has 1 rings (SSSR count).